The molecule has 292 valence electrons. The van der Waals surface area contributed by atoms with Crippen molar-refractivity contribution in [1.82, 2.24) is 9.99 Å². The maximum atomic E-state index is 15.3. The number of phenolic OH excluding ortho intramolecular Hbond substituents is 1. The smallest absolute Gasteiger partial charge is 0.417 e. The molecule has 3 heterocycles. The molecule has 1 saturated carbocycles. The zero-order valence-electron chi connectivity index (χ0n) is 29.6. The Morgan fingerprint density at radius 1 is 0.965 bits per heavy atom. The highest BCUT2D eigenvalue weighted by Crippen LogP contribution is 2.62. The van der Waals surface area contributed by atoms with Gasteiger partial charge in [-0.25, -0.2) is 4.98 Å². The second-order valence-electron chi connectivity index (χ2n) is 14.2. The second-order valence-corrected chi connectivity index (χ2v) is 16.0. The van der Waals surface area contributed by atoms with Crippen molar-refractivity contribution in [3.05, 3.63) is 128 Å². The van der Waals surface area contributed by atoms with Crippen molar-refractivity contribution in [3.8, 4) is 11.5 Å². The van der Waals surface area contributed by atoms with Gasteiger partial charge in [0.15, 0.2) is 17.3 Å². The van der Waals surface area contributed by atoms with E-state index in [2.05, 4.69) is 26.3 Å². The number of hydrogen-bond acceptors (Lipinski definition) is 8. The number of halogens is 6. The predicted molar refractivity (Wildman–Crippen MR) is 208 cm³/mol. The van der Waals surface area contributed by atoms with E-state index in [1.165, 1.54) is 18.1 Å². The number of nitrogens with one attached hydrogen (secondary N) is 1. The van der Waals surface area contributed by atoms with Crippen LogP contribution >= 0.6 is 39.1 Å². The van der Waals surface area contributed by atoms with E-state index in [-0.39, 0.29) is 36.1 Å². The quantitative estimate of drug-likeness (QED) is 0.140. The molecule has 1 aromatic heterocycles. The van der Waals surface area contributed by atoms with Gasteiger partial charge in [0.1, 0.15) is 0 Å². The molecule has 10 nitrogen and oxygen atoms in total. The number of pyridine rings is 1. The van der Waals surface area contributed by atoms with Crippen molar-refractivity contribution < 1.29 is 42.2 Å². The fourth-order valence-corrected chi connectivity index (χ4v) is 9.48. The first-order chi connectivity index (χ1) is 27.1. The average Bonchev–Trinajstić information content (AvgIpc) is 3.56. The number of rotatable bonds is 7. The summed E-state index contributed by atoms with van der Waals surface area (Å²) in [5.74, 6) is -6.94. The normalized spacial score (nSPS) is 25.7. The highest BCUT2D eigenvalue weighted by molar-refractivity contribution is 9.10. The Morgan fingerprint density at radius 2 is 1.68 bits per heavy atom. The molecule has 2 aliphatic carbocycles. The number of alkyl halides is 3. The van der Waals surface area contributed by atoms with E-state index in [4.69, 9.17) is 27.9 Å². The van der Waals surface area contributed by atoms with Crippen LogP contribution in [-0.4, -0.2) is 45.8 Å². The molecular formula is C41H30BrCl2F3N4O6. The molecule has 6 unspecified atom stereocenters. The molecule has 2 saturated heterocycles. The third kappa shape index (κ3) is 6.29. The number of allylic oxidation sites excluding steroid dienone is 3. The van der Waals surface area contributed by atoms with E-state index in [0.717, 1.165) is 9.48 Å². The number of benzene rings is 3. The molecule has 4 aromatic rings. The number of anilines is 2. The fraction of sp³-hybridized carbons (Fsp3) is 0.244. The molecule has 16 heteroatoms. The van der Waals surface area contributed by atoms with Crippen molar-refractivity contribution >= 4 is 80.3 Å². The lowest BCUT2D eigenvalue weighted by atomic mass is 9.50. The van der Waals surface area contributed by atoms with E-state index in [1.807, 2.05) is 6.08 Å². The largest absolute Gasteiger partial charge is 0.504 e. The minimum Gasteiger partial charge on any atom is -0.504 e. The summed E-state index contributed by atoms with van der Waals surface area (Å²) >= 11 is 16.0. The van der Waals surface area contributed by atoms with E-state index in [1.54, 1.807) is 72.8 Å². The second kappa shape index (κ2) is 14.3. The van der Waals surface area contributed by atoms with Crippen LogP contribution in [0.5, 0.6) is 11.5 Å². The predicted octanol–water partition coefficient (Wildman–Crippen LogP) is 8.62. The lowest BCUT2D eigenvalue weighted by Gasteiger charge is -2.49. The number of ether oxygens (including phenoxy) is 1. The molecule has 0 spiro atoms. The number of aromatic hydroxyl groups is 1. The standard InChI is InChI=1S/C41H30BrCl2F3N4O6/c1-57-33-16-20(3-15-32(33)52)2-14-29-26-12-13-27-34(38(55)50(36(27)53)25-10-6-23(42)7-11-25)28(26)18-30-37(54)51(39(56)40(29,30)21-4-8-24(43)9-5-21)49-35-31(44)17-22(19-48-35)41(45,46)47/h2-12,14-17,19,27-30,34,52H,13,18H2,1H3,(H,48,49). The van der Waals surface area contributed by atoms with Crippen LogP contribution < -0.4 is 15.1 Å². The Balaban J connectivity index is 1.29. The van der Waals surface area contributed by atoms with Gasteiger partial charge < -0.3 is 9.84 Å². The van der Waals surface area contributed by atoms with E-state index < -0.39 is 69.5 Å². The van der Waals surface area contributed by atoms with Crippen molar-refractivity contribution in [2.45, 2.75) is 24.4 Å². The maximum Gasteiger partial charge on any atom is 0.417 e. The third-order valence-corrected chi connectivity index (χ3v) is 12.5. The van der Waals surface area contributed by atoms with Gasteiger partial charge in [0.25, 0.3) is 11.8 Å². The minimum atomic E-state index is -4.75. The van der Waals surface area contributed by atoms with E-state index in [0.29, 0.717) is 39.7 Å². The van der Waals surface area contributed by atoms with Crippen LogP contribution in [0.3, 0.4) is 0 Å². The van der Waals surface area contributed by atoms with Crippen LogP contribution in [0.25, 0.3) is 6.08 Å². The lowest BCUT2D eigenvalue weighted by molar-refractivity contribution is -0.139. The first kappa shape index (κ1) is 38.7. The Hall–Kier alpha value is -5.18. The monoisotopic (exact) mass is 880 g/mol. The molecule has 0 radical (unpaired) electrons. The van der Waals surface area contributed by atoms with Crippen molar-refractivity contribution in [3.63, 3.8) is 0 Å². The molecule has 57 heavy (non-hydrogen) atoms. The number of amides is 4. The van der Waals surface area contributed by atoms with E-state index in [9.17, 15) is 32.7 Å². The number of phenols is 1. The van der Waals surface area contributed by atoms with Crippen molar-refractivity contribution in [2.24, 2.45) is 29.6 Å². The number of carbonyl (C=O) groups is 4. The van der Waals surface area contributed by atoms with Gasteiger partial charge in [0, 0.05) is 21.6 Å². The van der Waals surface area contributed by atoms with Gasteiger partial charge in [0.2, 0.25) is 11.8 Å². The summed E-state index contributed by atoms with van der Waals surface area (Å²) in [5, 5.41) is 10.9. The van der Waals surface area contributed by atoms with Gasteiger partial charge >= 0.3 is 6.18 Å². The van der Waals surface area contributed by atoms with Crippen LogP contribution in [-0.2, 0) is 30.8 Å². The van der Waals surface area contributed by atoms with Gasteiger partial charge in [-0.3, -0.25) is 29.5 Å². The van der Waals surface area contributed by atoms with Crippen LogP contribution in [0.15, 0.2) is 101 Å². The minimum absolute atomic E-state index is 0.0306. The topological polar surface area (TPSA) is 129 Å². The number of nitrogens with zero attached hydrogens (tertiary/aromatic N) is 3. The zero-order chi connectivity index (χ0) is 40.6. The Bertz CT molecular complexity index is 2410. The van der Waals surface area contributed by atoms with Gasteiger partial charge in [-0.2, -0.15) is 18.2 Å². The molecule has 3 aromatic carbocycles. The van der Waals surface area contributed by atoms with Crippen LogP contribution in [0.1, 0.15) is 29.5 Å². The first-order valence-electron chi connectivity index (χ1n) is 17.7. The number of methoxy groups -OCH3 is 1. The average molecular weight is 883 g/mol. The van der Waals surface area contributed by atoms with Gasteiger partial charge in [-0.1, -0.05) is 81.1 Å². The number of hydrogen-bond donors (Lipinski definition) is 2. The summed E-state index contributed by atoms with van der Waals surface area (Å²) in [5.41, 5.74) is 1.84. The number of aromatic nitrogens is 1. The third-order valence-electron chi connectivity index (χ3n) is 11.4. The van der Waals surface area contributed by atoms with E-state index >= 15 is 4.79 Å². The maximum absolute atomic E-state index is 15.3. The van der Waals surface area contributed by atoms with Crippen LogP contribution in [0.4, 0.5) is 24.7 Å². The molecule has 8 rings (SSSR count). The summed E-state index contributed by atoms with van der Waals surface area (Å²) in [6.07, 6.45) is 1.30. The molecule has 3 fully saturated rings. The highest BCUT2D eigenvalue weighted by Gasteiger charge is 2.69. The summed E-state index contributed by atoms with van der Waals surface area (Å²) in [6.45, 7) is 0. The Morgan fingerprint density at radius 3 is 2.35 bits per heavy atom. The summed E-state index contributed by atoms with van der Waals surface area (Å²) in [7, 11) is 1.40. The highest BCUT2D eigenvalue weighted by atomic mass is 79.9. The SMILES string of the molecule is COc1cc(C=CC2C3=CCC4C(=O)N(c5ccc(Br)cc5)C(=O)C4C3CC3C(=O)N(Nc4ncc(C(F)(F)F)cc4Cl)C(=O)C23c2ccc(Cl)cc2)ccc1O. The van der Waals surface area contributed by atoms with Crippen molar-refractivity contribution in [1.29, 1.82) is 0 Å². The van der Waals surface area contributed by atoms with Crippen LogP contribution in [0, 0.1) is 29.6 Å². The summed E-state index contributed by atoms with van der Waals surface area (Å²) in [4.78, 5) is 63.5. The number of hydrazine groups is 1. The van der Waals surface area contributed by atoms with Gasteiger partial charge in [0.05, 0.1) is 46.6 Å². The summed E-state index contributed by atoms with van der Waals surface area (Å²) < 4.78 is 46.6. The molecule has 2 N–H and O–H groups in total. The van der Waals surface area contributed by atoms with Crippen LogP contribution in [0.2, 0.25) is 10.0 Å². The Labute approximate surface area is 342 Å². The number of carbonyl (C=O) groups excluding carboxylic acids is 4. The lowest BCUT2D eigenvalue weighted by Crippen LogP contribution is -2.54. The molecule has 0 bridgehead atoms. The number of fused-ring (bicyclic) bond motifs is 4. The number of imide groups is 2. The van der Waals surface area contributed by atoms with Crippen molar-refractivity contribution in [2.75, 3.05) is 17.4 Å². The molecule has 6 atom stereocenters. The molecule has 4 aliphatic rings. The van der Waals surface area contributed by atoms with Gasteiger partial charge in [-0.15, -0.1) is 0 Å². The molecule has 2 aliphatic heterocycles. The fourth-order valence-electron chi connectivity index (χ4n) is 8.88. The first-order valence-corrected chi connectivity index (χ1v) is 19.2. The molecular weight excluding hydrogens is 852 g/mol. The zero-order valence-corrected chi connectivity index (χ0v) is 32.7. The summed E-state index contributed by atoms with van der Waals surface area (Å²) in [6, 6.07) is 18.6. The Kier molecular flexibility index (Phi) is 9.73. The van der Waals surface area contributed by atoms with Gasteiger partial charge in [-0.05, 0) is 84.5 Å². The molecule has 4 amide bonds.